The Morgan fingerprint density at radius 1 is 1.59 bits per heavy atom. The van der Waals surface area contributed by atoms with Crippen LogP contribution in [0, 0.1) is 0 Å². The number of rotatable bonds is 5. The van der Waals surface area contributed by atoms with Crippen LogP contribution in [0.3, 0.4) is 0 Å². The van der Waals surface area contributed by atoms with E-state index in [1.165, 1.54) is 0 Å². The molecule has 0 aromatic carbocycles. The van der Waals surface area contributed by atoms with E-state index in [0.29, 0.717) is 13.2 Å². The maximum absolute atomic E-state index is 11.6. The lowest BCUT2D eigenvalue weighted by Gasteiger charge is -2.30. The molecule has 17 heavy (non-hydrogen) atoms. The van der Waals surface area contributed by atoms with Gasteiger partial charge in [0, 0.05) is 19.1 Å². The SMILES string of the molecule is CCC(C)NC(=O)CN1CCOC(C(=O)O)C1. The highest BCUT2D eigenvalue weighted by atomic mass is 16.5. The normalized spacial score (nSPS) is 23.1. The number of carbonyl (C=O) groups is 2. The summed E-state index contributed by atoms with van der Waals surface area (Å²) in [5.74, 6) is -1.04. The van der Waals surface area contributed by atoms with E-state index < -0.39 is 12.1 Å². The number of aliphatic carboxylic acids is 1. The van der Waals surface area contributed by atoms with Gasteiger partial charge in [-0.2, -0.15) is 0 Å². The number of carbonyl (C=O) groups excluding carboxylic acids is 1. The standard InChI is InChI=1S/C11H20N2O4/c1-3-8(2)12-10(14)7-13-4-5-17-9(6-13)11(15)16/h8-9H,3-7H2,1-2H3,(H,12,14)(H,15,16). The van der Waals surface area contributed by atoms with Crippen LogP contribution in [0.25, 0.3) is 0 Å². The number of carboxylic acid groups (broad SMARTS) is 1. The van der Waals surface area contributed by atoms with Gasteiger partial charge in [-0.1, -0.05) is 6.92 Å². The molecule has 0 saturated carbocycles. The number of ether oxygens (including phenoxy) is 1. The highest BCUT2D eigenvalue weighted by Gasteiger charge is 2.27. The van der Waals surface area contributed by atoms with Crippen LogP contribution in [0.5, 0.6) is 0 Å². The number of nitrogens with one attached hydrogen (secondary N) is 1. The van der Waals surface area contributed by atoms with Crippen LogP contribution < -0.4 is 5.32 Å². The molecule has 1 aliphatic rings. The van der Waals surface area contributed by atoms with E-state index in [4.69, 9.17) is 9.84 Å². The Hall–Kier alpha value is -1.14. The summed E-state index contributed by atoms with van der Waals surface area (Å²) in [4.78, 5) is 24.2. The predicted molar refractivity (Wildman–Crippen MR) is 61.7 cm³/mol. The van der Waals surface area contributed by atoms with E-state index in [1.807, 2.05) is 13.8 Å². The lowest BCUT2D eigenvalue weighted by molar-refractivity contribution is -0.156. The number of nitrogens with zero attached hydrogens (tertiary/aromatic N) is 1. The molecule has 1 rings (SSSR count). The van der Waals surface area contributed by atoms with Crippen LogP contribution in [0.4, 0.5) is 0 Å². The van der Waals surface area contributed by atoms with Gasteiger partial charge in [-0.3, -0.25) is 9.69 Å². The Kier molecular flexibility index (Phi) is 5.37. The molecule has 98 valence electrons. The van der Waals surface area contributed by atoms with Crippen molar-refractivity contribution in [1.82, 2.24) is 10.2 Å². The molecule has 2 atom stereocenters. The summed E-state index contributed by atoms with van der Waals surface area (Å²) < 4.78 is 5.08. The third-order valence-corrected chi connectivity index (χ3v) is 2.81. The summed E-state index contributed by atoms with van der Waals surface area (Å²) in [6.45, 7) is 5.39. The van der Waals surface area contributed by atoms with Crippen LogP contribution in [-0.2, 0) is 14.3 Å². The molecule has 0 bridgehead atoms. The zero-order chi connectivity index (χ0) is 12.8. The predicted octanol–water partition coefficient (Wildman–Crippen LogP) is -0.313. The van der Waals surface area contributed by atoms with E-state index >= 15 is 0 Å². The van der Waals surface area contributed by atoms with Crippen molar-refractivity contribution in [3.8, 4) is 0 Å². The fourth-order valence-corrected chi connectivity index (χ4v) is 1.62. The number of carboxylic acids is 1. The number of hydrogen-bond acceptors (Lipinski definition) is 4. The van der Waals surface area contributed by atoms with Crippen molar-refractivity contribution in [2.24, 2.45) is 0 Å². The monoisotopic (exact) mass is 244 g/mol. The lowest BCUT2D eigenvalue weighted by atomic mass is 10.2. The summed E-state index contributed by atoms with van der Waals surface area (Å²) in [5.41, 5.74) is 0. The Balaban J connectivity index is 2.35. The number of amides is 1. The van der Waals surface area contributed by atoms with Gasteiger partial charge >= 0.3 is 5.97 Å². The van der Waals surface area contributed by atoms with Crippen molar-refractivity contribution in [3.05, 3.63) is 0 Å². The van der Waals surface area contributed by atoms with Gasteiger partial charge < -0.3 is 15.2 Å². The molecule has 2 N–H and O–H groups in total. The molecular formula is C11H20N2O4. The first-order chi connectivity index (χ1) is 8.02. The minimum absolute atomic E-state index is 0.0645. The van der Waals surface area contributed by atoms with E-state index in [2.05, 4.69) is 5.32 Å². The van der Waals surface area contributed by atoms with Gasteiger partial charge in [0.1, 0.15) is 0 Å². The van der Waals surface area contributed by atoms with E-state index in [-0.39, 0.29) is 25.0 Å². The van der Waals surface area contributed by atoms with Gasteiger partial charge in [-0.15, -0.1) is 0 Å². The van der Waals surface area contributed by atoms with Crippen LogP contribution in [0.1, 0.15) is 20.3 Å². The van der Waals surface area contributed by atoms with Gasteiger partial charge in [-0.05, 0) is 13.3 Å². The average Bonchev–Trinajstić information content (AvgIpc) is 2.28. The molecule has 0 radical (unpaired) electrons. The molecule has 1 aliphatic heterocycles. The quantitative estimate of drug-likeness (QED) is 0.693. The second-order valence-electron chi connectivity index (χ2n) is 4.31. The lowest BCUT2D eigenvalue weighted by Crippen LogP contribution is -2.50. The van der Waals surface area contributed by atoms with Gasteiger partial charge in [-0.25, -0.2) is 4.79 Å². The van der Waals surface area contributed by atoms with Crippen molar-refractivity contribution >= 4 is 11.9 Å². The van der Waals surface area contributed by atoms with Crippen molar-refractivity contribution in [1.29, 1.82) is 0 Å². The third-order valence-electron chi connectivity index (χ3n) is 2.81. The maximum Gasteiger partial charge on any atom is 0.334 e. The highest BCUT2D eigenvalue weighted by Crippen LogP contribution is 2.05. The fraction of sp³-hybridized carbons (Fsp3) is 0.818. The van der Waals surface area contributed by atoms with Gasteiger partial charge in [0.05, 0.1) is 13.2 Å². The van der Waals surface area contributed by atoms with Gasteiger partial charge in [0.25, 0.3) is 0 Å². The summed E-state index contributed by atoms with van der Waals surface area (Å²) in [5, 5.41) is 11.7. The van der Waals surface area contributed by atoms with Crippen molar-refractivity contribution in [3.63, 3.8) is 0 Å². The average molecular weight is 244 g/mol. The summed E-state index contributed by atoms with van der Waals surface area (Å²) in [6.07, 6.45) is 0.0622. The smallest absolute Gasteiger partial charge is 0.334 e. The van der Waals surface area contributed by atoms with Crippen LogP contribution in [0.15, 0.2) is 0 Å². The molecule has 2 unspecified atom stereocenters. The Morgan fingerprint density at radius 2 is 2.29 bits per heavy atom. The minimum atomic E-state index is -0.975. The Morgan fingerprint density at radius 3 is 2.88 bits per heavy atom. The van der Waals surface area contributed by atoms with Crippen molar-refractivity contribution in [2.45, 2.75) is 32.4 Å². The van der Waals surface area contributed by atoms with E-state index in [0.717, 1.165) is 6.42 Å². The van der Waals surface area contributed by atoms with Crippen LogP contribution in [0.2, 0.25) is 0 Å². The number of morpholine rings is 1. The molecule has 6 nitrogen and oxygen atoms in total. The van der Waals surface area contributed by atoms with E-state index in [9.17, 15) is 9.59 Å². The fourth-order valence-electron chi connectivity index (χ4n) is 1.62. The molecule has 1 saturated heterocycles. The van der Waals surface area contributed by atoms with Crippen LogP contribution >= 0.6 is 0 Å². The Bertz CT molecular complexity index is 283. The zero-order valence-corrected chi connectivity index (χ0v) is 10.3. The number of hydrogen-bond donors (Lipinski definition) is 2. The maximum atomic E-state index is 11.6. The molecule has 6 heteroatoms. The Labute approximate surface area is 101 Å². The molecule has 0 aliphatic carbocycles. The topological polar surface area (TPSA) is 78.9 Å². The highest BCUT2D eigenvalue weighted by molar-refractivity contribution is 5.78. The molecule has 1 amide bonds. The summed E-state index contributed by atoms with van der Waals surface area (Å²) in [6, 6.07) is 0.152. The van der Waals surface area contributed by atoms with Crippen molar-refractivity contribution < 1.29 is 19.4 Å². The van der Waals surface area contributed by atoms with Crippen molar-refractivity contribution in [2.75, 3.05) is 26.2 Å². The molecule has 0 spiro atoms. The first-order valence-corrected chi connectivity index (χ1v) is 5.89. The van der Waals surface area contributed by atoms with Gasteiger partial charge in [0.2, 0.25) is 5.91 Å². The molecular weight excluding hydrogens is 224 g/mol. The summed E-state index contributed by atoms with van der Waals surface area (Å²) in [7, 11) is 0. The second kappa shape index (κ2) is 6.56. The molecule has 1 heterocycles. The van der Waals surface area contributed by atoms with Crippen LogP contribution in [-0.4, -0.2) is 60.3 Å². The summed E-state index contributed by atoms with van der Waals surface area (Å²) >= 11 is 0. The molecule has 1 fully saturated rings. The second-order valence-corrected chi connectivity index (χ2v) is 4.31. The third kappa shape index (κ3) is 4.70. The first-order valence-electron chi connectivity index (χ1n) is 5.89. The molecule has 0 aromatic rings. The minimum Gasteiger partial charge on any atom is -0.479 e. The zero-order valence-electron chi connectivity index (χ0n) is 10.3. The molecule has 0 aromatic heterocycles. The van der Waals surface area contributed by atoms with E-state index in [1.54, 1.807) is 4.90 Å². The van der Waals surface area contributed by atoms with Gasteiger partial charge in [0.15, 0.2) is 6.10 Å². The first kappa shape index (κ1) is 13.9. The largest absolute Gasteiger partial charge is 0.479 e.